The van der Waals surface area contributed by atoms with E-state index >= 15 is 0 Å². The minimum Gasteiger partial charge on any atom is -0.497 e. The molecule has 0 spiro atoms. The molecule has 4 rings (SSSR count). The van der Waals surface area contributed by atoms with Crippen LogP contribution < -0.4 is 14.8 Å². The lowest BCUT2D eigenvalue weighted by Gasteiger charge is -2.11. The number of anilines is 2. The van der Waals surface area contributed by atoms with Gasteiger partial charge in [-0.05, 0) is 41.3 Å². The van der Waals surface area contributed by atoms with Crippen molar-refractivity contribution in [2.75, 3.05) is 19.0 Å². The normalized spacial score (nSPS) is 10.5. The second-order valence-electron chi connectivity index (χ2n) is 6.54. The second-order valence-corrected chi connectivity index (χ2v) is 6.54. The average molecular weight is 384 g/mol. The Morgan fingerprint density at radius 1 is 1.03 bits per heavy atom. The molecule has 0 saturated heterocycles. The van der Waals surface area contributed by atoms with E-state index in [0.717, 1.165) is 34.3 Å². The van der Waals surface area contributed by atoms with E-state index in [2.05, 4.69) is 21.4 Å². The first kappa shape index (κ1) is 18.4. The van der Waals surface area contributed by atoms with Crippen LogP contribution in [-0.2, 0) is 6.42 Å². The summed E-state index contributed by atoms with van der Waals surface area (Å²) in [5.41, 5.74) is 3.36. The number of nitriles is 1. The highest BCUT2D eigenvalue weighted by atomic mass is 16.5. The van der Waals surface area contributed by atoms with Crippen LogP contribution in [0.4, 0.5) is 11.5 Å². The lowest BCUT2D eigenvalue weighted by molar-refractivity contribution is 0.321. The number of H-pyrrole nitrogens is 1. The van der Waals surface area contributed by atoms with E-state index in [1.54, 1.807) is 19.2 Å². The smallest absolute Gasteiger partial charge is 0.146 e. The molecule has 0 aliphatic rings. The van der Waals surface area contributed by atoms with Crippen LogP contribution in [0.15, 0.2) is 66.9 Å². The average Bonchev–Trinajstić information content (AvgIpc) is 3.22. The molecule has 6 heteroatoms. The molecule has 29 heavy (non-hydrogen) atoms. The summed E-state index contributed by atoms with van der Waals surface area (Å²) >= 11 is 0. The number of methoxy groups -OCH3 is 1. The lowest BCUT2D eigenvalue weighted by atomic mass is 10.1. The number of nitrogens with one attached hydrogen (secondary N) is 2. The number of hydrogen-bond acceptors (Lipinski definition) is 5. The predicted octanol–water partition coefficient (Wildman–Crippen LogP) is 4.81. The Hall–Kier alpha value is -3.98. The van der Waals surface area contributed by atoms with Crippen LogP contribution in [0.1, 0.15) is 11.3 Å². The first-order valence-electron chi connectivity index (χ1n) is 9.25. The summed E-state index contributed by atoms with van der Waals surface area (Å²) in [6, 6.07) is 21.4. The van der Waals surface area contributed by atoms with Crippen LogP contribution in [0.25, 0.3) is 10.9 Å². The molecule has 2 heterocycles. The SMILES string of the molecule is COc1ccc(CCOc2cc(C#N)nc(Nc3ccc4cc[nH]c4c3)c2)cc1. The zero-order valence-corrected chi connectivity index (χ0v) is 16.0. The van der Waals surface area contributed by atoms with Gasteiger partial charge in [0, 0.05) is 36.0 Å². The highest BCUT2D eigenvalue weighted by molar-refractivity contribution is 5.83. The number of aromatic nitrogens is 2. The summed E-state index contributed by atoms with van der Waals surface area (Å²) in [5, 5.41) is 13.7. The minimum absolute atomic E-state index is 0.301. The van der Waals surface area contributed by atoms with E-state index in [4.69, 9.17) is 9.47 Å². The van der Waals surface area contributed by atoms with Crippen molar-refractivity contribution in [2.45, 2.75) is 6.42 Å². The number of nitrogens with zero attached hydrogens (tertiary/aromatic N) is 2. The number of aromatic amines is 1. The molecule has 0 amide bonds. The third kappa shape index (κ3) is 4.47. The maximum absolute atomic E-state index is 9.31. The van der Waals surface area contributed by atoms with Crippen LogP contribution in [-0.4, -0.2) is 23.7 Å². The van der Waals surface area contributed by atoms with Crippen LogP contribution in [0.5, 0.6) is 11.5 Å². The Balaban J connectivity index is 1.45. The van der Waals surface area contributed by atoms with Crippen LogP contribution in [0, 0.1) is 11.3 Å². The van der Waals surface area contributed by atoms with Gasteiger partial charge in [0.25, 0.3) is 0 Å². The van der Waals surface area contributed by atoms with Crippen LogP contribution in [0.3, 0.4) is 0 Å². The summed E-state index contributed by atoms with van der Waals surface area (Å²) in [6.45, 7) is 0.495. The van der Waals surface area contributed by atoms with Crippen LogP contribution in [0.2, 0.25) is 0 Å². The highest BCUT2D eigenvalue weighted by Gasteiger charge is 2.06. The summed E-state index contributed by atoms with van der Waals surface area (Å²) in [4.78, 5) is 7.51. The number of rotatable bonds is 7. The fourth-order valence-electron chi connectivity index (χ4n) is 3.06. The molecule has 144 valence electrons. The van der Waals surface area contributed by atoms with E-state index in [1.807, 2.05) is 54.7 Å². The topological polar surface area (TPSA) is 83.0 Å². The standard InChI is InChI=1S/C23H20N4O2/c1-28-20-6-2-16(3-7-20)9-11-29-21-12-19(15-24)27-23(14-21)26-18-5-4-17-8-10-25-22(17)13-18/h2-8,10,12-14,25H,9,11H2,1H3,(H,26,27). The van der Waals surface area contributed by atoms with Crippen molar-refractivity contribution in [1.82, 2.24) is 9.97 Å². The quantitative estimate of drug-likeness (QED) is 0.478. The van der Waals surface area contributed by atoms with Gasteiger partial charge in [-0.3, -0.25) is 0 Å². The van der Waals surface area contributed by atoms with E-state index in [9.17, 15) is 5.26 Å². The number of pyridine rings is 1. The molecule has 0 unspecified atom stereocenters. The van der Waals surface area contributed by atoms with Gasteiger partial charge in [0.15, 0.2) is 0 Å². The Morgan fingerprint density at radius 2 is 1.90 bits per heavy atom. The number of benzene rings is 2. The van der Waals surface area contributed by atoms with Gasteiger partial charge in [-0.1, -0.05) is 18.2 Å². The number of hydrogen-bond donors (Lipinski definition) is 2. The third-order valence-corrected chi connectivity index (χ3v) is 4.56. The fourth-order valence-corrected chi connectivity index (χ4v) is 3.06. The van der Waals surface area contributed by atoms with E-state index < -0.39 is 0 Å². The molecule has 0 bridgehead atoms. The summed E-state index contributed by atoms with van der Waals surface area (Å²) in [7, 11) is 1.65. The van der Waals surface area contributed by atoms with Gasteiger partial charge in [-0.2, -0.15) is 5.26 Å². The molecule has 0 aliphatic carbocycles. The van der Waals surface area contributed by atoms with Crippen LogP contribution >= 0.6 is 0 Å². The van der Waals surface area contributed by atoms with Crippen molar-refractivity contribution in [1.29, 1.82) is 5.26 Å². The fraction of sp³-hybridized carbons (Fsp3) is 0.130. The summed E-state index contributed by atoms with van der Waals surface area (Å²) in [6.07, 6.45) is 2.65. The molecule has 0 radical (unpaired) electrons. The maximum atomic E-state index is 9.31. The molecule has 4 aromatic rings. The van der Waals surface area contributed by atoms with Crippen molar-refractivity contribution in [2.24, 2.45) is 0 Å². The van der Waals surface area contributed by atoms with E-state index in [-0.39, 0.29) is 0 Å². The lowest BCUT2D eigenvalue weighted by Crippen LogP contribution is -2.03. The maximum Gasteiger partial charge on any atom is 0.146 e. The molecule has 0 fully saturated rings. The monoisotopic (exact) mass is 384 g/mol. The second kappa shape index (κ2) is 8.36. The molecule has 6 nitrogen and oxygen atoms in total. The first-order valence-corrected chi connectivity index (χ1v) is 9.25. The van der Waals surface area contributed by atoms with Gasteiger partial charge in [-0.25, -0.2) is 4.98 Å². The molecule has 2 aromatic heterocycles. The number of fused-ring (bicyclic) bond motifs is 1. The van der Waals surface area contributed by atoms with Crippen molar-refractivity contribution in [3.8, 4) is 17.6 Å². The van der Waals surface area contributed by atoms with Crippen molar-refractivity contribution in [3.05, 3.63) is 78.1 Å². The minimum atomic E-state index is 0.301. The van der Waals surface area contributed by atoms with Crippen molar-refractivity contribution >= 4 is 22.4 Å². The van der Waals surface area contributed by atoms with Crippen molar-refractivity contribution in [3.63, 3.8) is 0 Å². The van der Waals surface area contributed by atoms with Gasteiger partial charge in [0.2, 0.25) is 0 Å². The van der Waals surface area contributed by atoms with Gasteiger partial charge < -0.3 is 19.8 Å². The first-order chi connectivity index (χ1) is 14.2. The number of ether oxygens (including phenoxy) is 2. The molecule has 0 aliphatic heterocycles. The Kier molecular flexibility index (Phi) is 5.30. The van der Waals surface area contributed by atoms with Gasteiger partial charge in [0.05, 0.1) is 13.7 Å². The van der Waals surface area contributed by atoms with Gasteiger partial charge in [0.1, 0.15) is 29.1 Å². The molecule has 2 N–H and O–H groups in total. The Labute approximate surface area is 168 Å². The zero-order valence-electron chi connectivity index (χ0n) is 16.0. The third-order valence-electron chi connectivity index (χ3n) is 4.56. The van der Waals surface area contributed by atoms with Gasteiger partial charge >= 0.3 is 0 Å². The largest absolute Gasteiger partial charge is 0.497 e. The molecular formula is C23H20N4O2. The van der Waals surface area contributed by atoms with Crippen molar-refractivity contribution < 1.29 is 9.47 Å². The molecule has 0 atom stereocenters. The highest BCUT2D eigenvalue weighted by Crippen LogP contribution is 2.24. The predicted molar refractivity (Wildman–Crippen MR) is 113 cm³/mol. The molecular weight excluding hydrogens is 364 g/mol. The molecule has 0 saturated carbocycles. The van der Waals surface area contributed by atoms with Gasteiger partial charge in [-0.15, -0.1) is 0 Å². The molecule has 2 aromatic carbocycles. The Morgan fingerprint density at radius 3 is 2.69 bits per heavy atom. The van der Waals surface area contributed by atoms with E-state index in [1.165, 1.54) is 0 Å². The zero-order chi connectivity index (χ0) is 20.1. The van der Waals surface area contributed by atoms with E-state index in [0.29, 0.717) is 23.9 Å². The Bertz CT molecular complexity index is 1160. The summed E-state index contributed by atoms with van der Waals surface area (Å²) in [5.74, 6) is 2.00. The summed E-state index contributed by atoms with van der Waals surface area (Å²) < 4.78 is 11.0.